The van der Waals surface area contributed by atoms with Gasteiger partial charge in [0.15, 0.2) is 0 Å². The molecular weight excluding hydrogens is 167 g/mol. The monoisotopic (exact) mass is 175 g/mol. The summed E-state index contributed by atoms with van der Waals surface area (Å²) in [5.41, 5.74) is 0. The van der Waals surface area contributed by atoms with Crippen molar-refractivity contribution in [1.29, 1.82) is 0 Å². The minimum absolute atomic E-state index is 0.357. The van der Waals surface area contributed by atoms with Gasteiger partial charge in [0, 0.05) is 5.30 Å². The fourth-order valence-corrected chi connectivity index (χ4v) is 1.62. The zero-order valence-electron chi connectivity index (χ0n) is 6.45. The van der Waals surface area contributed by atoms with Gasteiger partial charge in [-0.3, -0.25) is 4.57 Å². The van der Waals surface area contributed by atoms with E-state index in [0.29, 0.717) is 0 Å². The highest BCUT2D eigenvalue weighted by Gasteiger charge is 1.92. The first-order valence-corrected chi connectivity index (χ1v) is 4.68. The summed E-state index contributed by atoms with van der Waals surface area (Å²) in [6, 6.07) is 13.9. The smallest absolute Gasteiger partial charge is 0.0902 e. The molecule has 1 radical (unpaired) electrons. The van der Waals surface area contributed by atoms with Crippen LogP contribution in [0.4, 0.5) is 0 Å². The molecule has 0 aliphatic carbocycles. The maximum absolute atomic E-state index is 10.6. The Morgan fingerprint density at radius 2 is 1.67 bits per heavy atom. The lowest BCUT2D eigenvalue weighted by Crippen LogP contribution is -1.88. The minimum atomic E-state index is -0.357. The molecule has 0 aromatic heterocycles. The molecule has 2 aromatic rings. The maximum atomic E-state index is 10.6. The van der Waals surface area contributed by atoms with Gasteiger partial charge in [0.2, 0.25) is 0 Å². The van der Waals surface area contributed by atoms with E-state index >= 15 is 0 Å². The van der Waals surface area contributed by atoms with Crippen molar-refractivity contribution in [2.75, 3.05) is 0 Å². The van der Waals surface area contributed by atoms with Crippen molar-refractivity contribution in [3.05, 3.63) is 42.5 Å². The Labute approximate surface area is 72.2 Å². The number of fused-ring (bicyclic) bond motifs is 1. The number of hydrogen-bond acceptors (Lipinski definition) is 1. The third kappa shape index (κ3) is 1.24. The molecule has 2 heteroatoms. The van der Waals surface area contributed by atoms with E-state index in [9.17, 15) is 4.57 Å². The summed E-state index contributed by atoms with van der Waals surface area (Å²) in [6.07, 6.45) is 0. The minimum Gasteiger partial charge on any atom is -0.285 e. The number of hydrogen-bond donors (Lipinski definition) is 0. The van der Waals surface area contributed by atoms with Crippen LogP contribution in [-0.2, 0) is 4.57 Å². The van der Waals surface area contributed by atoms with Crippen LogP contribution in [0.1, 0.15) is 0 Å². The highest BCUT2D eigenvalue weighted by atomic mass is 31.1. The highest BCUT2D eigenvalue weighted by molar-refractivity contribution is 7.34. The lowest BCUT2D eigenvalue weighted by Gasteiger charge is -1.96. The van der Waals surface area contributed by atoms with Crippen LogP contribution in [-0.4, -0.2) is 0 Å². The van der Waals surface area contributed by atoms with Gasteiger partial charge < -0.3 is 0 Å². The van der Waals surface area contributed by atoms with Gasteiger partial charge in [0.05, 0.1) is 8.46 Å². The van der Waals surface area contributed by atoms with Crippen LogP contribution >= 0.6 is 8.46 Å². The summed E-state index contributed by atoms with van der Waals surface area (Å²) in [4.78, 5) is 0. The van der Waals surface area contributed by atoms with Gasteiger partial charge in [0.25, 0.3) is 0 Å². The zero-order chi connectivity index (χ0) is 8.39. The highest BCUT2D eigenvalue weighted by Crippen LogP contribution is 2.12. The molecule has 0 aliphatic heterocycles. The normalized spacial score (nSPS) is 10.7. The van der Waals surface area contributed by atoms with Crippen molar-refractivity contribution in [3.8, 4) is 0 Å². The molecule has 0 fully saturated rings. The predicted molar refractivity (Wildman–Crippen MR) is 52.6 cm³/mol. The van der Waals surface area contributed by atoms with E-state index in [0.717, 1.165) is 10.7 Å². The topological polar surface area (TPSA) is 17.1 Å². The molecule has 0 spiro atoms. The second kappa shape index (κ2) is 3.04. The molecule has 0 bridgehead atoms. The third-order valence-electron chi connectivity index (χ3n) is 1.87. The predicted octanol–water partition coefficient (Wildman–Crippen LogP) is 2.49. The molecule has 0 amide bonds. The van der Waals surface area contributed by atoms with E-state index in [2.05, 4.69) is 0 Å². The zero-order valence-corrected chi connectivity index (χ0v) is 7.45. The molecule has 12 heavy (non-hydrogen) atoms. The summed E-state index contributed by atoms with van der Waals surface area (Å²) in [5, 5.41) is 3.23. The molecule has 1 nitrogen and oxygen atoms in total. The van der Waals surface area contributed by atoms with Gasteiger partial charge in [-0.15, -0.1) is 0 Å². The Bertz CT molecular complexity index is 423. The first kappa shape index (κ1) is 7.45. The van der Waals surface area contributed by atoms with Gasteiger partial charge in [0.1, 0.15) is 0 Å². The van der Waals surface area contributed by atoms with Gasteiger partial charge in [-0.2, -0.15) is 0 Å². The fraction of sp³-hybridized carbons (Fsp3) is 0. The molecular formula is C10H8OP. The van der Waals surface area contributed by atoms with E-state index in [1.165, 1.54) is 5.39 Å². The lowest BCUT2D eigenvalue weighted by atomic mass is 10.1. The molecule has 0 saturated heterocycles. The summed E-state index contributed by atoms with van der Waals surface area (Å²) in [5.74, 6) is 0. The Morgan fingerprint density at radius 3 is 2.42 bits per heavy atom. The number of rotatable bonds is 1. The fourth-order valence-electron chi connectivity index (χ4n) is 1.25. The molecule has 59 valence electrons. The largest absolute Gasteiger partial charge is 0.285 e. The molecule has 2 rings (SSSR count). The second-order valence-electron chi connectivity index (χ2n) is 2.66. The maximum Gasteiger partial charge on any atom is 0.0902 e. The first-order chi connectivity index (χ1) is 5.90. The van der Waals surface area contributed by atoms with Crippen LogP contribution in [0, 0.1) is 0 Å². The standard InChI is InChI=1S/C10H8OP/c11-12-10-6-5-8-3-1-2-4-9(8)7-10/h1-7,12H. The van der Waals surface area contributed by atoms with Crippen LogP contribution in [0.25, 0.3) is 10.8 Å². The van der Waals surface area contributed by atoms with Crippen molar-refractivity contribution < 1.29 is 4.57 Å². The Balaban J connectivity index is 2.75. The molecule has 1 atom stereocenters. The molecule has 0 N–H and O–H groups in total. The van der Waals surface area contributed by atoms with E-state index in [1.54, 1.807) is 0 Å². The van der Waals surface area contributed by atoms with E-state index in [-0.39, 0.29) is 8.46 Å². The van der Waals surface area contributed by atoms with Crippen molar-refractivity contribution >= 4 is 24.5 Å². The quantitative estimate of drug-likeness (QED) is 0.608. The van der Waals surface area contributed by atoms with Gasteiger partial charge in [-0.25, -0.2) is 0 Å². The average Bonchev–Trinajstić information content (AvgIpc) is 2.17. The number of benzene rings is 2. The van der Waals surface area contributed by atoms with Crippen LogP contribution in [0.5, 0.6) is 0 Å². The molecule has 0 saturated carbocycles. The van der Waals surface area contributed by atoms with Crippen LogP contribution < -0.4 is 5.30 Å². The lowest BCUT2D eigenvalue weighted by molar-refractivity contribution is 0.603. The summed E-state index contributed by atoms with van der Waals surface area (Å²) >= 11 is 0. The van der Waals surface area contributed by atoms with Crippen LogP contribution in [0.3, 0.4) is 0 Å². The van der Waals surface area contributed by atoms with E-state index < -0.39 is 0 Å². The summed E-state index contributed by atoms with van der Waals surface area (Å²) in [7, 11) is -0.357. The first-order valence-electron chi connectivity index (χ1n) is 3.77. The van der Waals surface area contributed by atoms with Gasteiger partial charge in [-0.05, 0) is 22.9 Å². The average molecular weight is 175 g/mol. The molecule has 0 heterocycles. The molecule has 0 aliphatic rings. The van der Waals surface area contributed by atoms with Crippen molar-refractivity contribution in [2.24, 2.45) is 0 Å². The van der Waals surface area contributed by atoms with Crippen molar-refractivity contribution in [3.63, 3.8) is 0 Å². The van der Waals surface area contributed by atoms with Crippen molar-refractivity contribution in [2.45, 2.75) is 0 Å². The van der Waals surface area contributed by atoms with Gasteiger partial charge in [-0.1, -0.05) is 30.3 Å². The van der Waals surface area contributed by atoms with Crippen LogP contribution in [0.2, 0.25) is 0 Å². The molecule has 2 aromatic carbocycles. The van der Waals surface area contributed by atoms with E-state index in [4.69, 9.17) is 0 Å². The third-order valence-corrected chi connectivity index (χ3v) is 2.41. The Kier molecular flexibility index (Phi) is 1.89. The Hall–Kier alpha value is -1.20. The molecule has 1 unspecified atom stereocenters. The summed E-state index contributed by atoms with van der Waals surface area (Å²) in [6.45, 7) is 0. The second-order valence-corrected chi connectivity index (χ2v) is 3.45. The van der Waals surface area contributed by atoms with E-state index in [1.807, 2.05) is 42.5 Å². The summed E-state index contributed by atoms with van der Waals surface area (Å²) < 4.78 is 10.6. The SMILES string of the molecule is O=[PH]c1ccc2ccccc2c1. The van der Waals surface area contributed by atoms with Gasteiger partial charge >= 0.3 is 0 Å². The Morgan fingerprint density at radius 1 is 0.917 bits per heavy atom. The van der Waals surface area contributed by atoms with Crippen molar-refractivity contribution in [1.82, 2.24) is 0 Å². The van der Waals surface area contributed by atoms with Crippen LogP contribution in [0.15, 0.2) is 42.5 Å².